The van der Waals surface area contributed by atoms with Crippen molar-refractivity contribution in [1.29, 1.82) is 0 Å². The Bertz CT molecular complexity index is 157. The number of hydrogen-bond donors (Lipinski definition) is 0. The van der Waals surface area contributed by atoms with Crippen molar-refractivity contribution in [2.45, 2.75) is 20.3 Å². The Morgan fingerprint density at radius 1 is 1.18 bits per heavy atom. The van der Waals surface area contributed by atoms with Crippen LogP contribution < -0.4 is 0 Å². The van der Waals surface area contributed by atoms with Gasteiger partial charge in [0.05, 0.1) is 0 Å². The molecule has 0 aliphatic rings. The van der Waals surface area contributed by atoms with E-state index in [0.717, 1.165) is 6.92 Å². The molecule has 0 saturated carbocycles. The number of Topliss-reactive ketones (excluding diaryl/α,β-unsaturated/α-hetero) is 1. The molecule has 0 bridgehead atoms. The molecule has 0 aromatic heterocycles. The van der Waals surface area contributed by atoms with Crippen LogP contribution >= 0.6 is 0 Å². The molecular formula is C6H8CuO4. The fourth-order valence-electron chi connectivity index (χ4n) is 0.400. The van der Waals surface area contributed by atoms with Crippen LogP contribution in [0.5, 0.6) is 0 Å². The van der Waals surface area contributed by atoms with Crippen molar-refractivity contribution < 1.29 is 36.2 Å². The molecule has 4 nitrogen and oxygen atoms in total. The number of esters is 2. The summed E-state index contributed by atoms with van der Waals surface area (Å²) in [7, 11) is 0. The second kappa shape index (κ2) is 6.07. The molecule has 0 unspecified atom stereocenters. The average molecular weight is 208 g/mol. The van der Waals surface area contributed by atoms with Crippen LogP contribution in [0, 0.1) is 0 Å². The van der Waals surface area contributed by atoms with E-state index in [0.29, 0.717) is 0 Å². The van der Waals surface area contributed by atoms with Gasteiger partial charge < -0.3 is 4.74 Å². The Labute approximate surface area is 74.8 Å². The molecule has 0 aromatic carbocycles. The molecule has 0 heterocycles. The molecule has 0 rings (SSSR count). The number of ether oxygens (including phenoxy) is 1. The average Bonchev–Trinajstić information content (AvgIpc) is 1.58. The quantitative estimate of drug-likeness (QED) is 0.365. The Hall–Kier alpha value is -0.671. The summed E-state index contributed by atoms with van der Waals surface area (Å²) in [5.41, 5.74) is 0. The molecule has 67 valence electrons. The van der Waals surface area contributed by atoms with Crippen molar-refractivity contribution in [3.63, 3.8) is 0 Å². The van der Waals surface area contributed by atoms with Crippen LogP contribution in [0.4, 0.5) is 0 Å². The Morgan fingerprint density at radius 2 is 1.64 bits per heavy atom. The normalized spacial score (nSPS) is 7.82. The van der Waals surface area contributed by atoms with Crippen LogP contribution in [-0.2, 0) is 36.2 Å². The maximum Gasteiger partial charge on any atom is 0.320 e. The van der Waals surface area contributed by atoms with E-state index in [9.17, 15) is 14.4 Å². The fourth-order valence-corrected chi connectivity index (χ4v) is 0.400. The summed E-state index contributed by atoms with van der Waals surface area (Å²) in [6.45, 7) is 2.36. The number of hydrogen-bond acceptors (Lipinski definition) is 4. The van der Waals surface area contributed by atoms with Crippen molar-refractivity contribution in [2.24, 2.45) is 0 Å². The van der Waals surface area contributed by atoms with Crippen LogP contribution in [0.3, 0.4) is 0 Å². The summed E-state index contributed by atoms with van der Waals surface area (Å²) < 4.78 is 4.06. The van der Waals surface area contributed by atoms with E-state index in [1.807, 2.05) is 0 Å². The molecule has 0 atom stereocenters. The van der Waals surface area contributed by atoms with E-state index in [1.54, 1.807) is 0 Å². The van der Waals surface area contributed by atoms with Crippen molar-refractivity contribution in [3.8, 4) is 0 Å². The Morgan fingerprint density at radius 3 is 1.91 bits per heavy atom. The molecule has 1 radical (unpaired) electrons. The third kappa shape index (κ3) is 9.33. The summed E-state index contributed by atoms with van der Waals surface area (Å²) in [5, 5.41) is 0. The van der Waals surface area contributed by atoms with Crippen molar-refractivity contribution in [3.05, 3.63) is 0 Å². The fraction of sp³-hybridized carbons (Fsp3) is 0.500. The van der Waals surface area contributed by atoms with Crippen LogP contribution in [-0.4, -0.2) is 17.7 Å². The SMILES string of the molecule is CC(=O)CC(=O)OC(C)=O.[Cu]. The summed E-state index contributed by atoms with van der Waals surface area (Å²) in [4.78, 5) is 30.7. The van der Waals surface area contributed by atoms with Gasteiger partial charge in [-0.15, -0.1) is 0 Å². The van der Waals surface area contributed by atoms with Crippen molar-refractivity contribution in [2.75, 3.05) is 0 Å². The van der Waals surface area contributed by atoms with E-state index < -0.39 is 11.9 Å². The largest absolute Gasteiger partial charge is 0.393 e. The zero-order chi connectivity index (χ0) is 8.15. The molecule has 0 amide bonds. The summed E-state index contributed by atoms with van der Waals surface area (Å²) in [5.74, 6) is -1.79. The first-order chi connectivity index (χ1) is 4.52. The van der Waals surface area contributed by atoms with Gasteiger partial charge in [-0.05, 0) is 6.92 Å². The molecule has 0 N–H and O–H groups in total. The Balaban J connectivity index is 0. The number of carbonyl (C=O) groups is 3. The molecule has 0 spiro atoms. The number of rotatable bonds is 2. The van der Waals surface area contributed by atoms with E-state index in [-0.39, 0.29) is 29.3 Å². The summed E-state index contributed by atoms with van der Waals surface area (Å²) in [6, 6.07) is 0. The zero-order valence-electron chi connectivity index (χ0n) is 6.14. The first kappa shape index (κ1) is 13.0. The van der Waals surface area contributed by atoms with E-state index in [4.69, 9.17) is 0 Å². The number of ketones is 1. The minimum Gasteiger partial charge on any atom is -0.393 e. The van der Waals surface area contributed by atoms with Gasteiger partial charge in [-0.3, -0.25) is 14.4 Å². The maximum atomic E-state index is 10.4. The predicted octanol–water partition coefficient (Wildman–Crippen LogP) is 0.0527. The van der Waals surface area contributed by atoms with Gasteiger partial charge in [-0.1, -0.05) is 0 Å². The Kier molecular flexibility index (Phi) is 7.15. The molecule has 0 aliphatic carbocycles. The van der Waals surface area contributed by atoms with Gasteiger partial charge in [-0.2, -0.15) is 0 Å². The molecule has 5 heteroatoms. The van der Waals surface area contributed by atoms with Crippen LogP contribution in [0.25, 0.3) is 0 Å². The van der Waals surface area contributed by atoms with Crippen LogP contribution in [0.1, 0.15) is 20.3 Å². The molecule has 0 aromatic rings. The van der Waals surface area contributed by atoms with Crippen LogP contribution in [0.15, 0.2) is 0 Å². The second-order valence-corrected chi connectivity index (χ2v) is 1.84. The monoisotopic (exact) mass is 207 g/mol. The topological polar surface area (TPSA) is 60.4 Å². The molecule has 11 heavy (non-hydrogen) atoms. The molecule has 0 aliphatic heterocycles. The zero-order valence-corrected chi connectivity index (χ0v) is 7.08. The van der Waals surface area contributed by atoms with Gasteiger partial charge in [-0.25, -0.2) is 0 Å². The predicted molar refractivity (Wildman–Crippen MR) is 32.1 cm³/mol. The minimum atomic E-state index is -0.792. The summed E-state index contributed by atoms with van der Waals surface area (Å²) in [6.07, 6.45) is -0.334. The molecular weight excluding hydrogens is 200 g/mol. The third-order valence-electron chi connectivity index (χ3n) is 0.651. The standard InChI is InChI=1S/C6H8O4.Cu/c1-4(7)3-6(9)10-5(2)8;/h3H2,1-2H3;. The first-order valence-electron chi connectivity index (χ1n) is 2.73. The van der Waals surface area contributed by atoms with Gasteiger partial charge in [0.25, 0.3) is 0 Å². The van der Waals surface area contributed by atoms with E-state index in [1.165, 1.54) is 6.92 Å². The first-order valence-corrected chi connectivity index (χ1v) is 2.73. The van der Waals surface area contributed by atoms with Gasteiger partial charge >= 0.3 is 11.9 Å². The van der Waals surface area contributed by atoms with Gasteiger partial charge in [0.2, 0.25) is 0 Å². The third-order valence-corrected chi connectivity index (χ3v) is 0.651. The van der Waals surface area contributed by atoms with Crippen molar-refractivity contribution >= 4 is 17.7 Å². The van der Waals surface area contributed by atoms with Crippen molar-refractivity contribution in [1.82, 2.24) is 0 Å². The maximum absolute atomic E-state index is 10.4. The second-order valence-electron chi connectivity index (χ2n) is 1.84. The van der Waals surface area contributed by atoms with Gasteiger partial charge in [0, 0.05) is 24.0 Å². The molecule has 0 fully saturated rings. The van der Waals surface area contributed by atoms with Gasteiger partial charge in [0.15, 0.2) is 0 Å². The minimum absolute atomic E-state index is 0. The van der Waals surface area contributed by atoms with E-state index >= 15 is 0 Å². The summed E-state index contributed by atoms with van der Waals surface area (Å²) >= 11 is 0. The number of carbonyl (C=O) groups excluding carboxylic acids is 3. The van der Waals surface area contributed by atoms with Crippen LogP contribution in [0.2, 0.25) is 0 Å². The smallest absolute Gasteiger partial charge is 0.320 e. The van der Waals surface area contributed by atoms with E-state index in [2.05, 4.69) is 4.74 Å². The van der Waals surface area contributed by atoms with Gasteiger partial charge in [0.1, 0.15) is 12.2 Å². The molecule has 0 saturated heterocycles.